The van der Waals surface area contributed by atoms with Crippen molar-refractivity contribution in [3.05, 3.63) is 83.1 Å². The molecule has 0 aliphatic carbocycles. The van der Waals surface area contributed by atoms with Crippen molar-refractivity contribution < 1.29 is 33.0 Å². The Morgan fingerprint density at radius 2 is 1.97 bits per heavy atom. The van der Waals surface area contributed by atoms with Gasteiger partial charge in [-0.25, -0.2) is 14.6 Å². The van der Waals surface area contributed by atoms with E-state index in [1.54, 1.807) is 18.2 Å². The van der Waals surface area contributed by atoms with E-state index < -0.39 is 17.7 Å². The maximum atomic E-state index is 13.2. The number of rotatable bonds is 9. The third-order valence-corrected chi connectivity index (χ3v) is 3.98. The lowest BCUT2D eigenvalue weighted by Crippen LogP contribution is -2.17. The van der Waals surface area contributed by atoms with Gasteiger partial charge in [0.05, 0.1) is 12.8 Å². The van der Waals surface area contributed by atoms with Crippen LogP contribution in [0.25, 0.3) is 0 Å². The molecule has 8 nitrogen and oxygen atoms in total. The number of amides is 1. The Balaban J connectivity index is 1.65. The molecule has 0 aliphatic rings. The van der Waals surface area contributed by atoms with Crippen LogP contribution in [0.3, 0.4) is 0 Å². The van der Waals surface area contributed by atoms with Crippen LogP contribution >= 0.6 is 0 Å². The summed E-state index contributed by atoms with van der Waals surface area (Å²) in [5.41, 5.74) is 3.11. The lowest BCUT2D eigenvalue weighted by molar-refractivity contribution is 0.0657. The lowest BCUT2D eigenvalue weighted by atomic mass is 10.2. The highest BCUT2D eigenvalue weighted by atomic mass is 19.1. The summed E-state index contributed by atoms with van der Waals surface area (Å²) in [5, 5.41) is 12.8. The first-order chi connectivity index (χ1) is 15.0. The zero-order valence-corrected chi connectivity index (χ0v) is 16.5. The largest absolute Gasteiger partial charge is 0.490 e. The van der Waals surface area contributed by atoms with Crippen molar-refractivity contribution >= 4 is 18.1 Å². The molecule has 0 atom stereocenters. The standard InChI is InChI=1S/C22H19FN2O6/c1-2-29-20-10-14(12-24-25-21(26)15-4-3-5-16(23)11-15)6-8-18(20)30-13-17-7-9-19(31-17)22(27)28/h3-12H,2,13H2,1H3,(H,25,26)(H,27,28). The minimum Gasteiger partial charge on any atom is -0.490 e. The first-order valence-corrected chi connectivity index (χ1v) is 9.27. The zero-order chi connectivity index (χ0) is 22.2. The molecule has 0 spiro atoms. The number of hydrogen-bond donors (Lipinski definition) is 2. The monoisotopic (exact) mass is 426 g/mol. The highest BCUT2D eigenvalue weighted by Gasteiger charge is 2.11. The third kappa shape index (κ3) is 5.92. The molecule has 2 N–H and O–H groups in total. The maximum Gasteiger partial charge on any atom is 0.371 e. The number of halogens is 1. The van der Waals surface area contributed by atoms with Crippen molar-refractivity contribution in [3.63, 3.8) is 0 Å². The fourth-order valence-corrected chi connectivity index (χ4v) is 2.57. The Morgan fingerprint density at radius 3 is 2.68 bits per heavy atom. The number of hydrazone groups is 1. The van der Waals surface area contributed by atoms with E-state index in [0.29, 0.717) is 29.4 Å². The molecule has 1 heterocycles. The van der Waals surface area contributed by atoms with Gasteiger partial charge in [0, 0.05) is 5.56 Å². The van der Waals surface area contributed by atoms with Gasteiger partial charge in [-0.15, -0.1) is 0 Å². The molecule has 9 heteroatoms. The van der Waals surface area contributed by atoms with Crippen LogP contribution in [0.15, 0.2) is 64.1 Å². The summed E-state index contributed by atoms with van der Waals surface area (Å²) in [6.07, 6.45) is 1.41. The van der Waals surface area contributed by atoms with Crippen molar-refractivity contribution in [2.24, 2.45) is 5.10 Å². The summed E-state index contributed by atoms with van der Waals surface area (Å²) in [7, 11) is 0. The number of carboxylic acid groups (broad SMARTS) is 1. The molecule has 1 aromatic heterocycles. The van der Waals surface area contributed by atoms with Gasteiger partial charge in [0.2, 0.25) is 5.76 Å². The summed E-state index contributed by atoms with van der Waals surface area (Å²) in [6, 6.07) is 13.2. The zero-order valence-electron chi connectivity index (χ0n) is 16.5. The van der Waals surface area contributed by atoms with Crippen molar-refractivity contribution in [2.75, 3.05) is 6.61 Å². The molecule has 0 radical (unpaired) electrons. The summed E-state index contributed by atoms with van der Waals surface area (Å²) in [6.45, 7) is 2.22. The molecule has 3 aromatic rings. The number of nitrogens with zero attached hydrogens (tertiary/aromatic N) is 1. The van der Waals surface area contributed by atoms with Gasteiger partial charge in [-0.05, 0) is 61.0 Å². The van der Waals surface area contributed by atoms with E-state index in [1.165, 1.54) is 36.5 Å². The SMILES string of the molecule is CCOc1cc(C=NNC(=O)c2cccc(F)c2)ccc1OCc1ccc(C(=O)O)o1. The number of benzene rings is 2. The van der Waals surface area contributed by atoms with Gasteiger partial charge in [-0.2, -0.15) is 5.10 Å². The van der Waals surface area contributed by atoms with Gasteiger partial charge in [0.15, 0.2) is 11.5 Å². The van der Waals surface area contributed by atoms with Gasteiger partial charge in [-0.3, -0.25) is 4.79 Å². The number of aromatic carboxylic acids is 1. The number of hydrogen-bond acceptors (Lipinski definition) is 6. The molecule has 0 fully saturated rings. The second kappa shape index (κ2) is 10.1. The van der Waals surface area contributed by atoms with Gasteiger partial charge in [0.1, 0.15) is 18.2 Å². The Bertz CT molecular complexity index is 1110. The van der Waals surface area contributed by atoms with Crippen LogP contribution in [0.2, 0.25) is 0 Å². The molecule has 31 heavy (non-hydrogen) atoms. The van der Waals surface area contributed by atoms with E-state index in [4.69, 9.17) is 19.0 Å². The van der Waals surface area contributed by atoms with Crippen molar-refractivity contribution in [3.8, 4) is 11.5 Å². The molecule has 0 saturated heterocycles. The van der Waals surface area contributed by atoms with E-state index in [1.807, 2.05) is 6.92 Å². The molecular formula is C22H19FN2O6. The van der Waals surface area contributed by atoms with Gasteiger partial charge in [0.25, 0.3) is 5.91 Å². The van der Waals surface area contributed by atoms with Crippen LogP contribution < -0.4 is 14.9 Å². The van der Waals surface area contributed by atoms with Crippen molar-refractivity contribution in [2.45, 2.75) is 13.5 Å². The number of nitrogens with one attached hydrogen (secondary N) is 1. The molecule has 3 rings (SSSR count). The minimum atomic E-state index is -1.16. The fourth-order valence-electron chi connectivity index (χ4n) is 2.57. The Hall–Kier alpha value is -4.14. The smallest absolute Gasteiger partial charge is 0.371 e. The number of carbonyl (C=O) groups is 2. The normalized spacial score (nSPS) is 10.8. The average molecular weight is 426 g/mol. The van der Waals surface area contributed by atoms with Gasteiger partial charge >= 0.3 is 5.97 Å². The Morgan fingerprint density at radius 1 is 1.13 bits per heavy atom. The van der Waals surface area contributed by atoms with Crippen LogP contribution in [0.5, 0.6) is 11.5 Å². The van der Waals surface area contributed by atoms with Crippen LogP contribution in [-0.2, 0) is 6.61 Å². The van der Waals surface area contributed by atoms with E-state index >= 15 is 0 Å². The second-order valence-electron chi connectivity index (χ2n) is 6.21. The first kappa shape index (κ1) is 21.6. The minimum absolute atomic E-state index is 0.0183. The summed E-state index contributed by atoms with van der Waals surface area (Å²) in [5.74, 6) is -1.17. The third-order valence-electron chi connectivity index (χ3n) is 3.98. The first-order valence-electron chi connectivity index (χ1n) is 9.27. The number of ether oxygens (including phenoxy) is 2. The lowest BCUT2D eigenvalue weighted by Gasteiger charge is -2.11. The summed E-state index contributed by atoms with van der Waals surface area (Å²) >= 11 is 0. The fraction of sp³-hybridized carbons (Fsp3) is 0.136. The predicted molar refractivity (Wildman–Crippen MR) is 109 cm³/mol. The highest BCUT2D eigenvalue weighted by molar-refractivity contribution is 5.94. The Kier molecular flexibility index (Phi) is 7.00. The van der Waals surface area contributed by atoms with Crippen molar-refractivity contribution in [1.82, 2.24) is 5.43 Å². The summed E-state index contributed by atoms with van der Waals surface area (Å²) in [4.78, 5) is 22.9. The second-order valence-corrected chi connectivity index (χ2v) is 6.21. The van der Waals surface area contributed by atoms with E-state index in [-0.39, 0.29) is 17.9 Å². The molecule has 0 aliphatic heterocycles. The predicted octanol–water partition coefficient (Wildman–Crippen LogP) is 3.86. The number of carbonyl (C=O) groups excluding carboxylic acids is 1. The average Bonchev–Trinajstić information content (AvgIpc) is 3.23. The topological polar surface area (TPSA) is 110 Å². The highest BCUT2D eigenvalue weighted by Crippen LogP contribution is 2.29. The van der Waals surface area contributed by atoms with E-state index in [2.05, 4.69) is 10.5 Å². The van der Waals surface area contributed by atoms with Crippen LogP contribution in [-0.4, -0.2) is 29.8 Å². The van der Waals surface area contributed by atoms with Gasteiger partial charge < -0.3 is 19.0 Å². The van der Waals surface area contributed by atoms with Crippen LogP contribution in [0.1, 0.15) is 39.2 Å². The summed E-state index contributed by atoms with van der Waals surface area (Å²) < 4.78 is 29.6. The molecular weight excluding hydrogens is 407 g/mol. The number of carboxylic acids is 1. The molecule has 2 aromatic carbocycles. The van der Waals surface area contributed by atoms with E-state index in [9.17, 15) is 14.0 Å². The molecule has 160 valence electrons. The van der Waals surface area contributed by atoms with Crippen LogP contribution in [0.4, 0.5) is 4.39 Å². The van der Waals surface area contributed by atoms with Gasteiger partial charge in [-0.1, -0.05) is 6.07 Å². The maximum absolute atomic E-state index is 13.2. The quantitative estimate of drug-likeness (QED) is 0.397. The van der Waals surface area contributed by atoms with Crippen LogP contribution in [0, 0.1) is 5.82 Å². The number of furan rings is 1. The Labute approximate surface area is 176 Å². The van der Waals surface area contributed by atoms with Crippen molar-refractivity contribution in [1.29, 1.82) is 0 Å². The van der Waals surface area contributed by atoms with E-state index in [0.717, 1.165) is 6.07 Å². The molecule has 0 saturated carbocycles. The molecule has 0 unspecified atom stereocenters. The molecule has 0 bridgehead atoms. The molecule has 1 amide bonds.